The second-order valence-corrected chi connectivity index (χ2v) is 4.65. The average molecular weight is 227 g/mol. The maximum atomic E-state index is 11.1. The molecule has 0 aliphatic heterocycles. The maximum Gasteiger partial charge on any atom is 0.330 e. The van der Waals surface area contributed by atoms with E-state index < -0.39 is 0 Å². The molecule has 2 aliphatic rings. The molecular weight excluding hydrogens is 212 g/mol. The highest BCUT2D eigenvalue weighted by Crippen LogP contribution is 2.60. The zero-order valence-electron chi connectivity index (χ0n) is 9.00. The summed E-state index contributed by atoms with van der Waals surface area (Å²) in [6.45, 7) is 4.45. The highest BCUT2D eigenvalue weighted by molar-refractivity contribution is 6.30. The third-order valence-electron chi connectivity index (χ3n) is 3.34. The summed E-state index contributed by atoms with van der Waals surface area (Å²) in [4.78, 5) is 11.1. The van der Waals surface area contributed by atoms with Crippen LogP contribution in [-0.4, -0.2) is 12.6 Å². The van der Waals surface area contributed by atoms with Gasteiger partial charge in [-0.15, -0.1) is 0 Å². The Morgan fingerprint density at radius 1 is 1.67 bits per heavy atom. The van der Waals surface area contributed by atoms with E-state index in [2.05, 4.69) is 6.92 Å². The molecule has 0 radical (unpaired) electrons. The van der Waals surface area contributed by atoms with Crippen LogP contribution >= 0.6 is 11.6 Å². The van der Waals surface area contributed by atoms with Crippen LogP contribution in [0.4, 0.5) is 0 Å². The zero-order valence-corrected chi connectivity index (χ0v) is 9.75. The van der Waals surface area contributed by atoms with Gasteiger partial charge in [-0.1, -0.05) is 24.6 Å². The van der Waals surface area contributed by atoms with Gasteiger partial charge in [-0.25, -0.2) is 4.79 Å². The quantitative estimate of drug-likeness (QED) is 0.547. The molecule has 2 aliphatic carbocycles. The van der Waals surface area contributed by atoms with Crippen LogP contribution in [0.3, 0.4) is 0 Å². The molecule has 3 atom stereocenters. The molecule has 0 saturated heterocycles. The number of carbonyl (C=O) groups is 1. The van der Waals surface area contributed by atoms with E-state index >= 15 is 0 Å². The third-order valence-corrected chi connectivity index (χ3v) is 3.71. The number of hydrogen-bond acceptors (Lipinski definition) is 2. The summed E-state index contributed by atoms with van der Waals surface area (Å²) in [5.41, 5.74) is 1.14. The molecule has 15 heavy (non-hydrogen) atoms. The van der Waals surface area contributed by atoms with Gasteiger partial charge in [-0.3, -0.25) is 0 Å². The minimum absolute atomic E-state index is 0.286. The summed E-state index contributed by atoms with van der Waals surface area (Å²) in [5, 5.41) is 0.920. The Bertz CT molecular complexity index is 344. The van der Waals surface area contributed by atoms with E-state index in [4.69, 9.17) is 16.3 Å². The van der Waals surface area contributed by atoms with Crippen molar-refractivity contribution in [3.63, 3.8) is 0 Å². The van der Waals surface area contributed by atoms with Crippen molar-refractivity contribution < 1.29 is 9.53 Å². The molecule has 0 aromatic heterocycles. The molecule has 0 aromatic carbocycles. The fourth-order valence-corrected chi connectivity index (χ4v) is 2.79. The Morgan fingerprint density at radius 2 is 2.40 bits per heavy atom. The van der Waals surface area contributed by atoms with Crippen molar-refractivity contribution in [2.45, 2.75) is 20.3 Å². The van der Waals surface area contributed by atoms with E-state index in [9.17, 15) is 4.79 Å². The summed E-state index contributed by atoms with van der Waals surface area (Å²) in [6.07, 6.45) is 4.29. The SMILES string of the molecule is CCOC(=O)C=CC1=C(Cl)CC2C(C)C12. The minimum Gasteiger partial charge on any atom is -0.463 e. The Morgan fingerprint density at radius 3 is 3.00 bits per heavy atom. The van der Waals surface area contributed by atoms with E-state index in [0.29, 0.717) is 12.5 Å². The Hall–Kier alpha value is -0.760. The first-order chi connectivity index (χ1) is 7.15. The maximum absolute atomic E-state index is 11.1. The molecular formula is C12H15ClO2. The number of rotatable bonds is 3. The molecule has 0 heterocycles. The zero-order chi connectivity index (χ0) is 11.0. The molecule has 0 bridgehead atoms. The second-order valence-electron chi connectivity index (χ2n) is 4.20. The number of fused-ring (bicyclic) bond motifs is 1. The van der Waals surface area contributed by atoms with Crippen LogP contribution in [0, 0.1) is 17.8 Å². The van der Waals surface area contributed by atoms with Gasteiger partial charge in [0.15, 0.2) is 0 Å². The predicted molar refractivity (Wildman–Crippen MR) is 59.4 cm³/mol. The molecule has 1 fully saturated rings. The molecule has 0 N–H and O–H groups in total. The van der Waals surface area contributed by atoms with Gasteiger partial charge in [-0.2, -0.15) is 0 Å². The molecule has 2 nitrogen and oxygen atoms in total. The van der Waals surface area contributed by atoms with E-state index in [1.165, 1.54) is 6.08 Å². The van der Waals surface area contributed by atoms with Crippen molar-refractivity contribution in [3.8, 4) is 0 Å². The Kier molecular flexibility index (Phi) is 2.87. The number of allylic oxidation sites excluding steroid dienone is 3. The fraction of sp³-hybridized carbons (Fsp3) is 0.583. The van der Waals surface area contributed by atoms with Gasteiger partial charge in [0.25, 0.3) is 0 Å². The van der Waals surface area contributed by atoms with Crippen molar-refractivity contribution in [1.82, 2.24) is 0 Å². The average Bonchev–Trinajstić information content (AvgIpc) is 2.68. The van der Waals surface area contributed by atoms with Gasteiger partial charge >= 0.3 is 5.97 Å². The highest BCUT2D eigenvalue weighted by atomic mass is 35.5. The molecule has 0 amide bonds. The predicted octanol–water partition coefficient (Wildman–Crippen LogP) is 2.88. The van der Waals surface area contributed by atoms with Crippen LogP contribution in [0.5, 0.6) is 0 Å². The smallest absolute Gasteiger partial charge is 0.330 e. The van der Waals surface area contributed by atoms with Crippen LogP contribution < -0.4 is 0 Å². The minimum atomic E-state index is -0.286. The van der Waals surface area contributed by atoms with Crippen LogP contribution in [0.25, 0.3) is 0 Å². The number of ether oxygens (including phenoxy) is 1. The summed E-state index contributed by atoms with van der Waals surface area (Å²) in [6, 6.07) is 0. The fourth-order valence-electron chi connectivity index (χ4n) is 2.43. The number of hydrogen-bond donors (Lipinski definition) is 0. The van der Waals surface area contributed by atoms with Gasteiger partial charge < -0.3 is 4.74 Å². The molecule has 3 unspecified atom stereocenters. The highest BCUT2D eigenvalue weighted by Gasteiger charge is 2.52. The number of esters is 1. The van der Waals surface area contributed by atoms with Crippen LogP contribution in [0.1, 0.15) is 20.3 Å². The summed E-state index contributed by atoms with van der Waals surface area (Å²) in [5.74, 6) is 1.75. The van der Waals surface area contributed by atoms with Gasteiger partial charge in [-0.05, 0) is 36.7 Å². The summed E-state index contributed by atoms with van der Waals surface area (Å²) in [7, 11) is 0. The second kappa shape index (κ2) is 4.01. The van der Waals surface area contributed by atoms with Crippen LogP contribution in [0.2, 0.25) is 0 Å². The standard InChI is InChI=1S/C12H15ClO2/c1-3-15-11(14)5-4-8-10(13)6-9-7(2)12(8)9/h4-5,7,9,12H,3,6H2,1-2H3. The lowest BCUT2D eigenvalue weighted by molar-refractivity contribution is -0.137. The number of carbonyl (C=O) groups excluding carboxylic acids is 1. The van der Waals surface area contributed by atoms with E-state index in [1.54, 1.807) is 6.92 Å². The molecule has 0 spiro atoms. The molecule has 1 saturated carbocycles. The van der Waals surface area contributed by atoms with Crippen LogP contribution in [-0.2, 0) is 9.53 Å². The van der Waals surface area contributed by atoms with Crippen LogP contribution in [0.15, 0.2) is 22.8 Å². The summed E-state index contributed by atoms with van der Waals surface area (Å²) < 4.78 is 4.82. The van der Waals surface area contributed by atoms with Gasteiger partial charge in [0, 0.05) is 11.1 Å². The van der Waals surface area contributed by atoms with Gasteiger partial charge in [0.05, 0.1) is 6.61 Å². The third kappa shape index (κ3) is 1.96. The molecule has 82 valence electrons. The largest absolute Gasteiger partial charge is 0.463 e. The topological polar surface area (TPSA) is 26.3 Å². The van der Waals surface area contributed by atoms with E-state index in [0.717, 1.165) is 28.9 Å². The molecule has 2 rings (SSSR count). The van der Waals surface area contributed by atoms with Gasteiger partial charge in [0.1, 0.15) is 0 Å². The first-order valence-corrected chi connectivity index (χ1v) is 5.76. The van der Waals surface area contributed by atoms with E-state index in [1.807, 2.05) is 6.08 Å². The lowest BCUT2D eigenvalue weighted by Crippen LogP contribution is -1.99. The van der Waals surface area contributed by atoms with Crippen molar-refractivity contribution in [3.05, 3.63) is 22.8 Å². The van der Waals surface area contributed by atoms with E-state index in [-0.39, 0.29) is 5.97 Å². The Balaban J connectivity index is 2.00. The lowest BCUT2D eigenvalue weighted by Gasteiger charge is -2.01. The monoisotopic (exact) mass is 226 g/mol. The normalized spacial score (nSPS) is 33.4. The van der Waals surface area contributed by atoms with Gasteiger partial charge in [0.2, 0.25) is 0 Å². The molecule has 3 heteroatoms. The van der Waals surface area contributed by atoms with Crippen molar-refractivity contribution in [1.29, 1.82) is 0 Å². The Labute approximate surface area is 94.9 Å². The molecule has 0 aromatic rings. The van der Waals surface area contributed by atoms with Crippen molar-refractivity contribution >= 4 is 17.6 Å². The van der Waals surface area contributed by atoms with Crippen molar-refractivity contribution in [2.24, 2.45) is 17.8 Å². The number of halogens is 1. The summed E-state index contributed by atoms with van der Waals surface area (Å²) >= 11 is 6.11. The lowest BCUT2D eigenvalue weighted by atomic mass is 10.1. The first kappa shape index (κ1) is 10.7. The van der Waals surface area contributed by atoms with Crippen molar-refractivity contribution in [2.75, 3.05) is 6.61 Å². The first-order valence-electron chi connectivity index (χ1n) is 5.38.